The molecule has 0 saturated carbocycles. The number of carbonyl (C=O) groups is 1. The minimum absolute atomic E-state index is 0.111. The van der Waals surface area contributed by atoms with Crippen molar-refractivity contribution in [1.29, 1.82) is 0 Å². The summed E-state index contributed by atoms with van der Waals surface area (Å²) in [5.41, 5.74) is 4.78. The van der Waals surface area contributed by atoms with Crippen molar-refractivity contribution >= 4 is 16.9 Å². The van der Waals surface area contributed by atoms with Crippen LogP contribution in [-0.2, 0) is 4.79 Å². The molecule has 3 aromatic carbocycles. The van der Waals surface area contributed by atoms with Gasteiger partial charge in [-0.3, -0.25) is 4.79 Å². The molecule has 0 unspecified atom stereocenters. The van der Waals surface area contributed by atoms with Crippen LogP contribution in [0, 0.1) is 0 Å². The van der Waals surface area contributed by atoms with Crippen molar-refractivity contribution in [3.8, 4) is 22.3 Å². The average molecular weight is 304 g/mol. The SMILES string of the molecule is CC(=O)Sc1ccc(-c2ccc(-c3ccccc3)cc2)cc1. The van der Waals surface area contributed by atoms with Gasteiger partial charge in [-0.15, -0.1) is 0 Å². The van der Waals surface area contributed by atoms with E-state index >= 15 is 0 Å². The van der Waals surface area contributed by atoms with Crippen LogP contribution in [0.3, 0.4) is 0 Å². The normalized spacial score (nSPS) is 10.4. The van der Waals surface area contributed by atoms with Crippen LogP contribution in [0.25, 0.3) is 22.3 Å². The summed E-state index contributed by atoms with van der Waals surface area (Å²) in [5, 5.41) is 0.111. The summed E-state index contributed by atoms with van der Waals surface area (Å²) in [6.07, 6.45) is 0. The Morgan fingerprint density at radius 3 is 1.50 bits per heavy atom. The Labute approximate surface area is 135 Å². The van der Waals surface area contributed by atoms with Crippen molar-refractivity contribution in [3.05, 3.63) is 78.9 Å². The highest BCUT2D eigenvalue weighted by Crippen LogP contribution is 2.27. The average Bonchev–Trinajstić information content (AvgIpc) is 2.56. The van der Waals surface area contributed by atoms with Crippen molar-refractivity contribution in [2.24, 2.45) is 0 Å². The van der Waals surface area contributed by atoms with E-state index in [4.69, 9.17) is 0 Å². The lowest BCUT2D eigenvalue weighted by Crippen LogP contribution is -1.83. The second-order valence-electron chi connectivity index (χ2n) is 5.06. The molecule has 2 heteroatoms. The second kappa shape index (κ2) is 6.63. The van der Waals surface area contributed by atoms with Crippen LogP contribution in [0.4, 0.5) is 0 Å². The minimum atomic E-state index is 0.111. The molecule has 0 N–H and O–H groups in total. The molecule has 0 aliphatic rings. The van der Waals surface area contributed by atoms with Gasteiger partial charge in [-0.1, -0.05) is 78.5 Å². The van der Waals surface area contributed by atoms with Crippen molar-refractivity contribution in [2.45, 2.75) is 11.8 Å². The van der Waals surface area contributed by atoms with Crippen LogP contribution in [0.15, 0.2) is 83.8 Å². The Kier molecular flexibility index (Phi) is 4.40. The molecule has 0 atom stereocenters. The molecule has 108 valence electrons. The van der Waals surface area contributed by atoms with Gasteiger partial charge in [0.25, 0.3) is 0 Å². The van der Waals surface area contributed by atoms with Gasteiger partial charge in [0.1, 0.15) is 0 Å². The highest BCUT2D eigenvalue weighted by molar-refractivity contribution is 8.13. The fourth-order valence-corrected chi connectivity index (χ4v) is 2.97. The topological polar surface area (TPSA) is 17.1 Å². The first-order valence-corrected chi connectivity index (χ1v) is 7.98. The predicted molar refractivity (Wildman–Crippen MR) is 93.9 cm³/mol. The van der Waals surface area contributed by atoms with Gasteiger partial charge in [-0.05, 0) is 34.4 Å². The largest absolute Gasteiger partial charge is 0.287 e. The number of hydrogen-bond acceptors (Lipinski definition) is 2. The quantitative estimate of drug-likeness (QED) is 0.581. The molecule has 0 aromatic heterocycles. The molecule has 0 heterocycles. The first-order valence-electron chi connectivity index (χ1n) is 7.17. The van der Waals surface area contributed by atoms with Gasteiger partial charge >= 0.3 is 0 Å². The van der Waals surface area contributed by atoms with Gasteiger partial charge in [-0.25, -0.2) is 0 Å². The Hall–Kier alpha value is -2.32. The molecular formula is C20H16OS. The lowest BCUT2D eigenvalue weighted by molar-refractivity contribution is -0.109. The van der Waals surface area contributed by atoms with Crippen LogP contribution >= 0.6 is 11.8 Å². The van der Waals surface area contributed by atoms with E-state index < -0.39 is 0 Å². The lowest BCUT2D eigenvalue weighted by atomic mass is 10.0. The fourth-order valence-electron chi connectivity index (χ4n) is 2.37. The van der Waals surface area contributed by atoms with E-state index in [1.54, 1.807) is 6.92 Å². The summed E-state index contributed by atoms with van der Waals surface area (Å²) in [7, 11) is 0. The zero-order valence-corrected chi connectivity index (χ0v) is 13.1. The molecule has 3 aromatic rings. The Morgan fingerprint density at radius 1 is 0.636 bits per heavy atom. The molecule has 0 fully saturated rings. The standard InChI is InChI=1S/C20H16OS/c1-15(21)22-20-13-11-19(12-14-20)18-9-7-17(8-10-18)16-5-3-2-4-6-16/h2-14H,1H3. The third kappa shape index (κ3) is 3.46. The zero-order chi connectivity index (χ0) is 15.4. The first-order chi connectivity index (χ1) is 10.7. The highest BCUT2D eigenvalue weighted by atomic mass is 32.2. The number of rotatable bonds is 3. The van der Waals surface area contributed by atoms with E-state index in [2.05, 4.69) is 60.7 Å². The van der Waals surface area contributed by atoms with Gasteiger partial charge in [-0.2, -0.15) is 0 Å². The van der Waals surface area contributed by atoms with Crippen LogP contribution in [0.5, 0.6) is 0 Å². The highest BCUT2D eigenvalue weighted by Gasteiger charge is 2.02. The molecule has 0 aliphatic heterocycles. The van der Waals surface area contributed by atoms with Crippen LogP contribution in [0.2, 0.25) is 0 Å². The summed E-state index contributed by atoms with van der Waals surface area (Å²) in [5.74, 6) is 0. The van der Waals surface area contributed by atoms with E-state index in [1.165, 1.54) is 28.5 Å². The fraction of sp³-hybridized carbons (Fsp3) is 0.0500. The maximum Gasteiger partial charge on any atom is 0.190 e. The minimum Gasteiger partial charge on any atom is -0.287 e. The van der Waals surface area contributed by atoms with Crippen molar-refractivity contribution in [3.63, 3.8) is 0 Å². The monoisotopic (exact) mass is 304 g/mol. The van der Waals surface area contributed by atoms with Crippen LogP contribution in [-0.4, -0.2) is 5.12 Å². The third-order valence-electron chi connectivity index (χ3n) is 3.44. The first kappa shape index (κ1) is 14.6. The number of carbonyl (C=O) groups excluding carboxylic acids is 1. The zero-order valence-electron chi connectivity index (χ0n) is 12.3. The number of thioether (sulfide) groups is 1. The number of hydrogen-bond donors (Lipinski definition) is 0. The lowest BCUT2D eigenvalue weighted by Gasteiger charge is -2.06. The molecule has 0 spiro atoms. The van der Waals surface area contributed by atoms with E-state index in [0.29, 0.717) is 0 Å². The molecular weight excluding hydrogens is 288 g/mol. The van der Waals surface area contributed by atoms with Crippen LogP contribution in [0.1, 0.15) is 6.92 Å². The smallest absolute Gasteiger partial charge is 0.190 e. The number of benzene rings is 3. The molecule has 0 radical (unpaired) electrons. The Balaban J connectivity index is 1.82. The van der Waals surface area contributed by atoms with E-state index in [-0.39, 0.29) is 5.12 Å². The molecule has 22 heavy (non-hydrogen) atoms. The third-order valence-corrected chi connectivity index (χ3v) is 4.24. The van der Waals surface area contributed by atoms with E-state index in [1.807, 2.05) is 18.2 Å². The summed E-state index contributed by atoms with van der Waals surface area (Å²) >= 11 is 1.26. The molecule has 1 nitrogen and oxygen atoms in total. The van der Waals surface area contributed by atoms with Gasteiger partial charge in [0, 0.05) is 11.8 Å². The molecule has 3 rings (SSSR count). The van der Waals surface area contributed by atoms with Crippen molar-refractivity contribution < 1.29 is 4.79 Å². The molecule has 0 bridgehead atoms. The maximum atomic E-state index is 11.1. The van der Waals surface area contributed by atoms with Gasteiger partial charge in [0.05, 0.1) is 0 Å². The van der Waals surface area contributed by atoms with Crippen molar-refractivity contribution in [2.75, 3.05) is 0 Å². The molecule has 0 saturated heterocycles. The summed E-state index contributed by atoms with van der Waals surface area (Å²) in [4.78, 5) is 12.1. The van der Waals surface area contributed by atoms with Gasteiger partial charge < -0.3 is 0 Å². The van der Waals surface area contributed by atoms with Gasteiger partial charge in [0.2, 0.25) is 0 Å². The van der Waals surface area contributed by atoms with E-state index in [0.717, 1.165) is 10.5 Å². The summed E-state index contributed by atoms with van der Waals surface area (Å²) < 4.78 is 0. The molecule has 0 amide bonds. The van der Waals surface area contributed by atoms with Crippen LogP contribution < -0.4 is 0 Å². The Bertz CT molecular complexity index is 759. The summed E-state index contributed by atoms with van der Waals surface area (Å²) in [6, 6.07) is 27.0. The maximum absolute atomic E-state index is 11.1. The van der Waals surface area contributed by atoms with Crippen molar-refractivity contribution in [1.82, 2.24) is 0 Å². The predicted octanol–water partition coefficient (Wildman–Crippen LogP) is 5.66. The second-order valence-corrected chi connectivity index (χ2v) is 6.31. The summed E-state index contributed by atoms with van der Waals surface area (Å²) in [6.45, 7) is 1.58. The Morgan fingerprint density at radius 2 is 1.05 bits per heavy atom. The molecule has 0 aliphatic carbocycles. The van der Waals surface area contributed by atoms with E-state index in [9.17, 15) is 4.79 Å². The van der Waals surface area contributed by atoms with Gasteiger partial charge in [0.15, 0.2) is 5.12 Å².